The third-order valence-electron chi connectivity index (χ3n) is 4.97. The van der Waals surface area contributed by atoms with Gasteiger partial charge in [-0.3, -0.25) is 0 Å². The van der Waals surface area contributed by atoms with Gasteiger partial charge in [-0.2, -0.15) is 0 Å². The molecule has 3 atom stereocenters. The first kappa shape index (κ1) is 14.6. The van der Waals surface area contributed by atoms with Crippen LogP contribution < -0.4 is 10.1 Å². The number of methoxy groups -OCH3 is 1. The van der Waals surface area contributed by atoms with Crippen molar-refractivity contribution in [3.8, 4) is 5.75 Å². The van der Waals surface area contributed by atoms with Gasteiger partial charge in [-0.1, -0.05) is 18.6 Å². The molecule has 0 aromatic heterocycles. The molecule has 0 radical (unpaired) electrons. The molecule has 114 valence electrons. The average molecular weight is 304 g/mol. The molecule has 3 nitrogen and oxygen atoms in total. The Kier molecular flexibility index (Phi) is 4.34. The lowest BCUT2D eigenvalue weighted by Gasteiger charge is -2.28. The van der Waals surface area contributed by atoms with Gasteiger partial charge < -0.3 is 15.0 Å². The second-order valence-corrected chi connectivity index (χ2v) is 6.82. The Morgan fingerprint density at radius 1 is 1.29 bits per heavy atom. The summed E-state index contributed by atoms with van der Waals surface area (Å²) in [5, 5.41) is 4.46. The molecule has 0 unspecified atom stereocenters. The quantitative estimate of drug-likeness (QED) is 0.864. The zero-order valence-corrected chi connectivity index (χ0v) is 13.7. The molecule has 3 rings (SSSR count). The summed E-state index contributed by atoms with van der Waals surface area (Å²) in [4.78, 5) is 2.13. The van der Waals surface area contributed by atoms with Crippen LogP contribution in [0.15, 0.2) is 24.3 Å². The fourth-order valence-electron chi connectivity index (χ4n) is 3.77. The highest BCUT2D eigenvalue weighted by atomic mass is 32.1. The summed E-state index contributed by atoms with van der Waals surface area (Å²) < 4.78 is 5.19. The second-order valence-electron chi connectivity index (χ2n) is 6.43. The maximum atomic E-state index is 5.57. The molecule has 1 aromatic rings. The van der Waals surface area contributed by atoms with E-state index >= 15 is 0 Å². The molecule has 1 aromatic carbocycles. The standard InChI is InChI=1S/C17H24N2OS/c1-19(11-12-4-7-15(20-2)8-5-12)17(21)18-16-10-13-3-6-14(16)9-13/h4-5,7-8,13-14,16H,3,6,9-11H2,1-2H3,(H,18,21)/t13-,14-,16+/m1/s1. The van der Waals surface area contributed by atoms with Crippen LogP contribution >= 0.6 is 12.2 Å². The summed E-state index contributed by atoms with van der Waals surface area (Å²) >= 11 is 5.57. The van der Waals surface area contributed by atoms with E-state index < -0.39 is 0 Å². The van der Waals surface area contributed by atoms with Crippen molar-refractivity contribution in [1.29, 1.82) is 0 Å². The van der Waals surface area contributed by atoms with Crippen LogP contribution in [0.3, 0.4) is 0 Å². The highest BCUT2D eigenvalue weighted by Crippen LogP contribution is 2.44. The highest BCUT2D eigenvalue weighted by Gasteiger charge is 2.39. The lowest BCUT2D eigenvalue weighted by Crippen LogP contribution is -2.44. The van der Waals surface area contributed by atoms with Crippen LogP contribution in [-0.4, -0.2) is 30.2 Å². The zero-order valence-electron chi connectivity index (χ0n) is 12.8. The zero-order chi connectivity index (χ0) is 14.8. The molecule has 0 aliphatic heterocycles. The van der Waals surface area contributed by atoms with Crippen molar-refractivity contribution in [1.82, 2.24) is 10.2 Å². The number of hydrogen-bond acceptors (Lipinski definition) is 2. The third-order valence-corrected chi connectivity index (χ3v) is 5.40. The molecular formula is C17H24N2OS. The predicted molar refractivity (Wildman–Crippen MR) is 89.4 cm³/mol. The molecule has 2 fully saturated rings. The van der Waals surface area contributed by atoms with Crippen molar-refractivity contribution in [2.45, 2.75) is 38.3 Å². The van der Waals surface area contributed by atoms with E-state index in [0.717, 1.165) is 29.2 Å². The minimum absolute atomic E-state index is 0.606. The first-order valence-electron chi connectivity index (χ1n) is 7.80. The van der Waals surface area contributed by atoms with Crippen LogP contribution in [-0.2, 0) is 6.54 Å². The molecule has 4 heteroatoms. The van der Waals surface area contributed by atoms with Crippen LogP contribution in [0.5, 0.6) is 5.75 Å². The summed E-state index contributed by atoms with van der Waals surface area (Å²) in [5.41, 5.74) is 1.25. The summed E-state index contributed by atoms with van der Waals surface area (Å²) in [5.74, 6) is 2.69. The van der Waals surface area contributed by atoms with Gasteiger partial charge in [0.15, 0.2) is 5.11 Å². The summed E-state index contributed by atoms with van der Waals surface area (Å²) in [6.45, 7) is 0.830. The molecule has 0 amide bonds. The number of ether oxygens (including phenoxy) is 1. The Morgan fingerprint density at radius 2 is 2.05 bits per heavy atom. The Labute approximate surface area is 132 Å². The topological polar surface area (TPSA) is 24.5 Å². The largest absolute Gasteiger partial charge is 0.497 e. The van der Waals surface area contributed by atoms with E-state index in [-0.39, 0.29) is 0 Å². The third kappa shape index (κ3) is 3.31. The van der Waals surface area contributed by atoms with Gasteiger partial charge in [0.1, 0.15) is 5.75 Å². The summed E-state index contributed by atoms with van der Waals surface area (Å²) in [6, 6.07) is 8.78. The average Bonchev–Trinajstić information content (AvgIpc) is 3.10. The van der Waals surface area contributed by atoms with Crippen molar-refractivity contribution >= 4 is 17.3 Å². The SMILES string of the molecule is COc1ccc(CN(C)C(=S)N[C@H]2C[C@@H]3CC[C@@H]2C3)cc1. The fraction of sp³-hybridized carbons (Fsp3) is 0.588. The van der Waals surface area contributed by atoms with Gasteiger partial charge in [-0.05, 0) is 61.0 Å². The number of thiocarbonyl (C=S) groups is 1. The fourth-order valence-corrected chi connectivity index (χ4v) is 3.98. The van der Waals surface area contributed by atoms with Gasteiger partial charge >= 0.3 is 0 Å². The van der Waals surface area contributed by atoms with E-state index in [1.54, 1.807) is 7.11 Å². The molecule has 0 spiro atoms. The van der Waals surface area contributed by atoms with Crippen LogP contribution in [0.4, 0.5) is 0 Å². The van der Waals surface area contributed by atoms with Crippen molar-refractivity contribution in [2.24, 2.45) is 11.8 Å². The number of nitrogens with one attached hydrogen (secondary N) is 1. The minimum atomic E-state index is 0.606. The minimum Gasteiger partial charge on any atom is -0.497 e. The Bertz CT molecular complexity index is 502. The first-order chi connectivity index (χ1) is 10.2. The van der Waals surface area contributed by atoms with E-state index in [0.29, 0.717) is 6.04 Å². The molecule has 0 saturated heterocycles. The summed E-state index contributed by atoms with van der Waals surface area (Å²) in [7, 11) is 3.75. The van der Waals surface area contributed by atoms with E-state index in [9.17, 15) is 0 Å². The van der Waals surface area contributed by atoms with E-state index in [1.807, 2.05) is 12.1 Å². The van der Waals surface area contributed by atoms with Crippen molar-refractivity contribution < 1.29 is 4.74 Å². The first-order valence-corrected chi connectivity index (χ1v) is 8.21. The van der Waals surface area contributed by atoms with Crippen molar-refractivity contribution in [3.05, 3.63) is 29.8 Å². The molecule has 0 heterocycles. The Morgan fingerprint density at radius 3 is 2.62 bits per heavy atom. The lowest BCUT2D eigenvalue weighted by atomic mass is 9.95. The number of fused-ring (bicyclic) bond motifs is 2. The van der Waals surface area contributed by atoms with Gasteiger partial charge in [-0.25, -0.2) is 0 Å². The molecule has 21 heavy (non-hydrogen) atoms. The number of nitrogens with zero attached hydrogens (tertiary/aromatic N) is 1. The van der Waals surface area contributed by atoms with Crippen LogP contribution in [0, 0.1) is 11.8 Å². The van der Waals surface area contributed by atoms with Gasteiger partial charge in [0.05, 0.1) is 7.11 Å². The van der Waals surface area contributed by atoms with Crippen LogP contribution in [0.2, 0.25) is 0 Å². The molecule has 2 bridgehead atoms. The summed E-state index contributed by atoms with van der Waals surface area (Å²) in [6.07, 6.45) is 5.52. The smallest absolute Gasteiger partial charge is 0.169 e. The van der Waals surface area contributed by atoms with Crippen molar-refractivity contribution in [2.75, 3.05) is 14.2 Å². The highest BCUT2D eigenvalue weighted by molar-refractivity contribution is 7.80. The van der Waals surface area contributed by atoms with E-state index in [2.05, 4.69) is 29.4 Å². The maximum absolute atomic E-state index is 5.57. The maximum Gasteiger partial charge on any atom is 0.169 e. The number of hydrogen-bond donors (Lipinski definition) is 1. The molecule has 2 aliphatic carbocycles. The van der Waals surface area contributed by atoms with E-state index in [4.69, 9.17) is 17.0 Å². The van der Waals surface area contributed by atoms with Crippen LogP contribution in [0.1, 0.15) is 31.2 Å². The molecule has 1 N–H and O–H groups in total. The predicted octanol–water partition coefficient (Wildman–Crippen LogP) is 3.19. The molecule has 2 saturated carbocycles. The second kappa shape index (κ2) is 6.22. The normalized spacial score (nSPS) is 26.7. The van der Waals surface area contributed by atoms with Crippen molar-refractivity contribution in [3.63, 3.8) is 0 Å². The molecule has 2 aliphatic rings. The Balaban J connectivity index is 1.52. The van der Waals surface area contributed by atoms with Crippen LogP contribution in [0.25, 0.3) is 0 Å². The molecular weight excluding hydrogens is 280 g/mol. The van der Waals surface area contributed by atoms with Gasteiger partial charge in [0, 0.05) is 19.6 Å². The van der Waals surface area contributed by atoms with E-state index in [1.165, 1.54) is 31.2 Å². The number of benzene rings is 1. The Hall–Kier alpha value is -1.29. The monoisotopic (exact) mass is 304 g/mol. The number of rotatable bonds is 4. The van der Waals surface area contributed by atoms with Gasteiger partial charge in [0.2, 0.25) is 0 Å². The lowest BCUT2D eigenvalue weighted by molar-refractivity contribution is 0.373. The van der Waals surface area contributed by atoms with Gasteiger partial charge in [0.25, 0.3) is 0 Å². The van der Waals surface area contributed by atoms with Gasteiger partial charge in [-0.15, -0.1) is 0 Å².